The molecule has 236 valence electrons. The molecule has 1 amide bonds. The summed E-state index contributed by atoms with van der Waals surface area (Å²) in [7, 11) is -2.70. The first-order valence-electron chi connectivity index (χ1n) is 15.2. The van der Waals surface area contributed by atoms with Crippen LogP contribution in [0, 0.1) is 5.82 Å². The van der Waals surface area contributed by atoms with Gasteiger partial charge in [0.15, 0.2) is 0 Å². The topological polar surface area (TPSA) is 112 Å². The second-order valence-electron chi connectivity index (χ2n) is 13.1. The van der Waals surface area contributed by atoms with E-state index in [-0.39, 0.29) is 41.4 Å². The average Bonchev–Trinajstić information content (AvgIpc) is 3.70. The number of fused-ring (bicyclic) bond motifs is 1. The minimum atomic E-state index is -3.96. The standard InChI is InChI=1S/C34H38BFN2O6S/c1-33(2)34(3,4)44-35(43-33)16-15-21-7-6-8-22(17-21)20-38(5)45(40,41)29-19-28-27(18-26(29)23-9-10-23)30(32(37)39)31(42-28)24-11-13-25(36)14-12-24/h6-8,11-14,17-19,23H,9-10,15-16,20H2,1-5H3,(H2,37,39). The molecule has 11 heteroatoms. The quantitative estimate of drug-likeness (QED) is 0.196. The second-order valence-corrected chi connectivity index (χ2v) is 15.2. The Morgan fingerprint density at radius 1 is 1.00 bits per heavy atom. The Hall–Kier alpha value is -3.51. The molecule has 8 nitrogen and oxygen atoms in total. The highest BCUT2D eigenvalue weighted by Gasteiger charge is 2.50. The number of furan rings is 1. The first-order valence-corrected chi connectivity index (χ1v) is 16.7. The van der Waals surface area contributed by atoms with Crippen molar-refractivity contribution in [2.75, 3.05) is 7.05 Å². The van der Waals surface area contributed by atoms with Crippen LogP contribution in [0.1, 0.15) is 73.5 Å². The Labute approximate surface area is 263 Å². The number of halogens is 1. The molecule has 4 aromatic rings. The van der Waals surface area contributed by atoms with E-state index in [9.17, 15) is 17.6 Å². The van der Waals surface area contributed by atoms with E-state index in [1.54, 1.807) is 13.1 Å². The molecule has 2 N–H and O–H groups in total. The molecular weight excluding hydrogens is 594 g/mol. The molecule has 2 aliphatic rings. The number of benzene rings is 3. The number of carbonyl (C=O) groups excluding carboxylic acids is 1. The fourth-order valence-electron chi connectivity index (χ4n) is 5.89. The molecule has 6 rings (SSSR count). The normalized spacial score (nSPS) is 17.8. The maximum Gasteiger partial charge on any atom is 0.458 e. The summed E-state index contributed by atoms with van der Waals surface area (Å²) in [5, 5.41) is 0.444. The predicted octanol–water partition coefficient (Wildman–Crippen LogP) is 6.67. The second kappa shape index (κ2) is 11.4. The first kappa shape index (κ1) is 31.5. The largest absolute Gasteiger partial charge is 0.458 e. The summed E-state index contributed by atoms with van der Waals surface area (Å²) in [5.74, 6) is -0.908. The monoisotopic (exact) mass is 632 g/mol. The summed E-state index contributed by atoms with van der Waals surface area (Å²) in [6, 6.07) is 16.6. The van der Waals surface area contributed by atoms with Crippen molar-refractivity contribution in [1.82, 2.24) is 4.31 Å². The minimum Gasteiger partial charge on any atom is -0.455 e. The molecule has 2 heterocycles. The van der Waals surface area contributed by atoms with Crippen LogP contribution in [0.25, 0.3) is 22.3 Å². The molecule has 1 saturated heterocycles. The molecule has 0 unspecified atom stereocenters. The highest BCUT2D eigenvalue weighted by Crippen LogP contribution is 2.46. The van der Waals surface area contributed by atoms with E-state index >= 15 is 0 Å². The summed E-state index contributed by atoms with van der Waals surface area (Å²) < 4.78 is 61.5. The molecule has 1 aliphatic carbocycles. The SMILES string of the molecule is CN(Cc1cccc(CCB2OC(C)(C)C(C)(C)O2)c1)S(=O)(=O)c1cc2oc(-c3ccc(F)cc3)c(C(N)=O)c2cc1C1CC1. The average molecular weight is 633 g/mol. The lowest BCUT2D eigenvalue weighted by Crippen LogP contribution is -2.41. The van der Waals surface area contributed by atoms with E-state index in [4.69, 9.17) is 19.5 Å². The smallest absolute Gasteiger partial charge is 0.455 e. The van der Waals surface area contributed by atoms with Gasteiger partial charge in [-0.1, -0.05) is 24.3 Å². The van der Waals surface area contributed by atoms with E-state index in [1.165, 1.54) is 34.6 Å². The van der Waals surface area contributed by atoms with Gasteiger partial charge in [0, 0.05) is 30.6 Å². The summed E-state index contributed by atoms with van der Waals surface area (Å²) in [5.41, 5.74) is 8.39. The van der Waals surface area contributed by atoms with Gasteiger partial charge in [-0.3, -0.25) is 4.79 Å². The van der Waals surface area contributed by atoms with Gasteiger partial charge in [0.25, 0.3) is 5.91 Å². The molecule has 0 radical (unpaired) electrons. The van der Waals surface area contributed by atoms with Crippen molar-refractivity contribution in [2.45, 2.75) is 81.8 Å². The third-order valence-electron chi connectivity index (χ3n) is 9.25. The van der Waals surface area contributed by atoms with E-state index < -0.39 is 32.9 Å². The number of aryl methyl sites for hydroxylation is 1. The van der Waals surface area contributed by atoms with Gasteiger partial charge in [-0.2, -0.15) is 4.31 Å². The molecule has 3 aromatic carbocycles. The van der Waals surface area contributed by atoms with Crippen molar-refractivity contribution in [2.24, 2.45) is 5.73 Å². The Morgan fingerprint density at radius 3 is 2.27 bits per heavy atom. The zero-order valence-electron chi connectivity index (χ0n) is 26.2. The van der Waals surface area contributed by atoms with Crippen molar-refractivity contribution >= 4 is 34.0 Å². The number of rotatable bonds is 10. The van der Waals surface area contributed by atoms with Crippen LogP contribution in [-0.4, -0.2) is 44.0 Å². The summed E-state index contributed by atoms with van der Waals surface area (Å²) in [4.78, 5) is 12.7. The molecule has 0 atom stereocenters. The number of nitrogens with two attached hydrogens (primary N) is 1. The summed E-state index contributed by atoms with van der Waals surface area (Å²) >= 11 is 0. The maximum absolute atomic E-state index is 14.1. The van der Waals surface area contributed by atoms with E-state index in [2.05, 4.69) is 0 Å². The number of hydrogen-bond acceptors (Lipinski definition) is 6. The van der Waals surface area contributed by atoms with Gasteiger partial charge in [-0.05, 0) is 106 Å². The van der Waals surface area contributed by atoms with Crippen molar-refractivity contribution in [3.63, 3.8) is 0 Å². The molecular formula is C34H38BFN2O6S. The van der Waals surface area contributed by atoms with Crippen molar-refractivity contribution < 1.29 is 31.3 Å². The molecule has 45 heavy (non-hydrogen) atoms. The third-order valence-corrected chi connectivity index (χ3v) is 11.1. The van der Waals surface area contributed by atoms with E-state index in [0.29, 0.717) is 22.8 Å². The minimum absolute atomic E-state index is 0.0516. The van der Waals surface area contributed by atoms with Crippen LogP contribution in [0.5, 0.6) is 0 Å². The van der Waals surface area contributed by atoms with Crippen LogP contribution in [0.3, 0.4) is 0 Å². The van der Waals surface area contributed by atoms with Gasteiger partial charge < -0.3 is 19.5 Å². The van der Waals surface area contributed by atoms with Gasteiger partial charge in [0.1, 0.15) is 17.2 Å². The highest BCUT2D eigenvalue weighted by molar-refractivity contribution is 7.89. The van der Waals surface area contributed by atoms with E-state index in [1.807, 2.05) is 52.0 Å². The van der Waals surface area contributed by atoms with Crippen LogP contribution >= 0.6 is 0 Å². The fraction of sp³-hybridized carbons (Fsp3) is 0.382. The number of primary amides is 1. The molecule has 0 spiro atoms. The van der Waals surface area contributed by atoms with Crippen LogP contribution in [0.4, 0.5) is 4.39 Å². The van der Waals surface area contributed by atoms with Crippen LogP contribution < -0.4 is 5.73 Å². The van der Waals surface area contributed by atoms with Gasteiger partial charge in [-0.25, -0.2) is 12.8 Å². The predicted molar refractivity (Wildman–Crippen MR) is 172 cm³/mol. The zero-order valence-corrected chi connectivity index (χ0v) is 27.0. The van der Waals surface area contributed by atoms with Crippen molar-refractivity contribution in [3.8, 4) is 11.3 Å². The Kier molecular flexibility index (Phi) is 7.96. The number of carbonyl (C=O) groups is 1. The lowest BCUT2D eigenvalue weighted by molar-refractivity contribution is 0.00578. The van der Waals surface area contributed by atoms with Gasteiger partial charge in [-0.15, -0.1) is 0 Å². The fourth-order valence-corrected chi connectivity index (χ4v) is 7.32. The highest BCUT2D eigenvalue weighted by atomic mass is 32.2. The molecule has 1 saturated carbocycles. The van der Waals surface area contributed by atoms with Crippen molar-refractivity contribution in [3.05, 3.63) is 88.7 Å². The Bertz CT molecular complexity index is 1870. The lowest BCUT2D eigenvalue weighted by atomic mass is 9.81. The summed E-state index contributed by atoms with van der Waals surface area (Å²) in [6.07, 6.45) is 3.10. The van der Waals surface area contributed by atoms with E-state index in [0.717, 1.165) is 30.4 Å². The first-order chi connectivity index (χ1) is 21.2. The Balaban J connectivity index is 1.27. The van der Waals surface area contributed by atoms with Crippen LogP contribution in [0.15, 0.2) is 70.0 Å². The number of nitrogens with zero attached hydrogens (tertiary/aromatic N) is 1. The van der Waals surface area contributed by atoms with Gasteiger partial charge >= 0.3 is 7.12 Å². The Morgan fingerprint density at radius 2 is 1.64 bits per heavy atom. The molecule has 1 aliphatic heterocycles. The van der Waals surface area contributed by atoms with Crippen LogP contribution in [0.2, 0.25) is 6.32 Å². The number of amides is 1. The van der Waals surface area contributed by atoms with Crippen molar-refractivity contribution in [1.29, 1.82) is 0 Å². The zero-order chi connectivity index (χ0) is 32.3. The maximum atomic E-state index is 14.1. The number of sulfonamides is 1. The number of hydrogen-bond donors (Lipinski definition) is 1. The van der Waals surface area contributed by atoms with Crippen LogP contribution in [-0.2, 0) is 32.3 Å². The lowest BCUT2D eigenvalue weighted by Gasteiger charge is -2.32. The molecule has 0 bridgehead atoms. The summed E-state index contributed by atoms with van der Waals surface area (Å²) in [6.45, 7) is 8.29. The third kappa shape index (κ3) is 6.06. The van der Waals surface area contributed by atoms with Gasteiger partial charge in [0.05, 0.1) is 21.7 Å². The molecule has 2 fully saturated rings. The molecule has 1 aromatic heterocycles. The van der Waals surface area contributed by atoms with Gasteiger partial charge in [0.2, 0.25) is 10.0 Å².